The Bertz CT molecular complexity index is 253. The third kappa shape index (κ3) is 4.22. The van der Waals surface area contributed by atoms with Crippen molar-refractivity contribution in [3.05, 3.63) is 0 Å². The molecule has 0 aliphatic carbocycles. The highest BCUT2D eigenvalue weighted by atomic mass is 16.3. The van der Waals surface area contributed by atoms with E-state index >= 15 is 0 Å². The van der Waals surface area contributed by atoms with Crippen molar-refractivity contribution >= 4 is 5.78 Å². The summed E-state index contributed by atoms with van der Waals surface area (Å²) in [5, 5.41) is 9.94. The normalized spacial score (nSPS) is 28.1. The molecule has 0 bridgehead atoms. The number of ketones is 1. The maximum Gasteiger partial charge on any atom is 0.139 e. The third-order valence-corrected chi connectivity index (χ3v) is 3.25. The van der Waals surface area contributed by atoms with Crippen LogP contribution < -0.4 is 0 Å². The molecule has 1 N–H and O–H groups in total. The molecule has 16 heavy (non-hydrogen) atoms. The Morgan fingerprint density at radius 3 is 2.56 bits per heavy atom. The van der Waals surface area contributed by atoms with Crippen molar-refractivity contribution < 1.29 is 9.90 Å². The van der Waals surface area contributed by atoms with Crippen LogP contribution in [0.5, 0.6) is 0 Å². The summed E-state index contributed by atoms with van der Waals surface area (Å²) in [5.74, 6) is 0.303. The highest BCUT2D eigenvalue weighted by Gasteiger charge is 2.29. The summed E-state index contributed by atoms with van der Waals surface area (Å²) in [7, 11) is 0. The van der Waals surface area contributed by atoms with Gasteiger partial charge in [-0.3, -0.25) is 4.79 Å². The topological polar surface area (TPSA) is 40.5 Å². The van der Waals surface area contributed by atoms with E-state index in [9.17, 15) is 9.90 Å². The van der Waals surface area contributed by atoms with Gasteiger partial charge in [0.15, 0.2) is 0 Å². The zero-order valence-corrected chi connectivity index (χ0v) is 11.0. The molecule has 0 amide bonds. The Morgan fingerprint density at radius 2 is 2.06 bits per heavy atom. The molecule has 0 radical (unpaired) electrons. The molecular formula is C13H25NO2. The molecule has 3 heteroatoms. The van der Waals surface area contributed by atoms with Gasteiger partial charge in [0, 0.05) is 24.9 Å². The van der Waals surface area contributed by atoms with Crippen molar-refractivity contribution in [1.82, 2.24) is 4.90 Å². The summed E-state index contributed by atoms with van der Waals surface area (Å²) >= 11 is 0. The molecule has 0 aromatic carbocycles. The number of hydrogen-bond donors (Lipinski definition) is 1. The fourth-order valence-corrected chi connectivity index (χ4v) is 2.15. The largest absolute Gasteiger partial charge is 0.389 e. The molecule has 1 saturated heterocycles. The van der Waals surface area contributed by atoms with Crippen LogP contribution in [0.15, 0.2) is 0 Å². The van der Waals surface area contributed by atoms with Crippen LogP contribution in [0.3, 0.4) is 0 Å². The third-order valence-electron chi connectivity index (χ3n) is 3.25. The van der Waals surface area contributed by atoms with Crippen LogP contribution in [-0.2, 0) is 4.79 Å². The molecule has 1 heterocycles. The molecule has 1 fully saturated rings. The molecule has 94 valence electrons. The van der Waals surface area contributed by atoms with Gasteiger partial charge in [-0.05, 0) is 26.3 Å². The van der Waals surface area contributed by atoms with Gasteiger partial charge in [-0.25, -0.2) is 0 Å². The van der Waals surface area contributed by atoms with Crippen molar-refractivity contribution in [2.75, 3.05) is 19.6 Å². The molecule has 1 unspecified atom stereocenters. The van der Waals surface area contributed by atoms with E-state index in [0.717, 1.165) is 25.9 Å². The number of aliphatic hydroxyl groups is 1. The Morgan fingerprint density at radius 1 is 1.44 bits per heavy atom. The van der Waals surface area contributed by atoms with Crippen LogP contribution in [-0.4, -0.2) is 41.0 Å². The Hall–Kier alpha value is -0.410. The van der Waals surface area contributed by atoms with E-state index in [4.69, 9.17) is 0 Å². The Balaban J connectivity index is 2.36. The number of hydrogen-bond acceptors (Lipinski definition) is 3. The van der Waals surface area contributed by atoms with E-state index in [1.54, 1.807) is 0 Å². The minimum absolute atomic E-state index is 0.238. The van der Waals surface area contributed by atoms with Gasteiger partial charge in [0.1, 0.15) is 5.78 Å². The predicted molar refractivity (Wildman–Crippen MR) is 65.4 cm³/mol. The second kappa shape index (κ2) is 4.84. The van der Waals surface area contributed by atoms with E-state index in [-0.39, 0.29) is 5.41 Å². The fraction of sp³-hybridized carbons (Fsp3) is 0.923. The SMILES string of the molecule is CC1(O)CCCN(CCC(=O)C(C)(C)C)C1. The van der Waals surface area contributed by atoms with Crippen LogP contribution in [0.2, 0.25) is 0 Å². The molecule has 0 aromatic heterocycles. The standard InChI is InChI=1S/C13H25NO2/c1-12(2,3)11(15)6-9-14-8-5-7-13(4,16)10-14/h16H,5-10H2,1-4H3. The smallest absolute Gasteiger partial charge is 0.139 e. The monoisotopic (exact) mass is 227 g/mol. The van der Waals surface area contributed by atoms with Gasteiger partial charge in [0.05, 0.1) is 5.60 Å². The quantitative estimate of drug-likeness (QED) is 0.800. The highest BCUT2D eigenvalue weighted by molar-refractivity contribution is 5.83. The van der Waals surface area contributed by atoms with Crippen molar-refractivity contribution in [2.45, 2.75) is 52.6 Å². The fourth-order valence-electron chi connectivity index (χ4n) is 2.15. The van der Waals surface area contributed by atoms with Crippen molar-refractivity contribution in [3.63, 3.8) is 0 Å². The second-order valence-corrected chi connectivity index (χ2v) is 6.30. The van der Waals surface area contributed by atoms with E-state index in [1.165, 1.54) is 0 Å². The van der Waals surface area contributed by atoms with Crippen molar-refractivity contribution in [2.24, 2.45) is 5.41 Å². The summed E-state index contributed by atoms with van der Waals surface area (Å²) in [5.41, 5.74) is -0.804. The first-order valence-corrected chi connectivity index (χ1v) is 6.19. The zero-order valence-electron chi connectivity index (χ0n) is 11.0. The average molecular weight is 227 g/mol. The minimum atomic E-state index is -0.566. The summed E-state index contributed by atoms with van der Waals surface area (Å²) in [6.07, 6.45) is 2.49. The lowest BCUT2D eigenvalue weighted by molar-refractivity contribution is -0.127. The molecule has 0 aromatic rings. The number of likely N-dealkylation sites (tertiary alicyclic amines) is 1. The van der Waals surface area contributed by atoms with Crippen molar-refractivity contribution in [3.8, 4) is 0 Å². The number of Topliss-reactive ketones (excluding diaryl/α,β-unsaturated/α-hetero) is 1. The average Bonchev–Trinajstić information content (AvgIpc) is 2.11. The van der Waals surface area contributed by atoms with Crippen LogP contribution in [0.4, 0.5) is 0 Å². The number of carbonyl (C=O) groups excluding carboxylic acids is 1. The molecule has 0 spiro atoms. The number of carbonyl (C=O) groups is 1. The predicted octanol–water partition coefficient (Wildman–Crippen LogP) is 1.84. The summed E-state index contributed by atoms with van der Waals surface area (Å²) < 4.78 is 0. The van der Waals surface area contributed by atoms with Gasteiger partial charge in [0.25, 0.3) is 0 Å². The summed E-state index contributed by atoms with van der Waals surface area (Å²) in [4.78, 5) is 14.0. The minimum Gasteiger partial charge on any atom is -0.389 e. The Kier molecular flexibility index (Phi) is 4.13. The van der Waals surface area contributed by atoms with Crippen molar-refractivity contribution in [1.29, 1.82) is 0 Å². The molecule has 0 saturated carbocycles. The van der Waals surface area contributed by atoms with Crippen LogP contribution in [0, 0.1) is 5.41 Å². The number of piperidine rings is 1. The van der Waals surface area contributed by atoms with Gasteiger partial charge in [-0.1, -0.05) is 20.8 Å². The molecule has 1 rings (SSSR count). The first kappa shape index (κ1) is 13.7. The Labute approximate surface area is 98.8 Å². The molecule has 3 nitrogen and oxygen atoms in total. The maximum absolute atomic E-state index is 11.8. The molecule has 1 aliphatic heterocycles. The first-order valence-electron chi connectivity index (χ1n) is 6.19. The zero-order chi connectivity index (χ0) is 12.4. The lowest BCUT2D eigenvalue weighted by Gasteiger charge is -2.37. The van der Waals surface area contributed by atoms with Gasteiger partial charge < -0.3 is 10.0 Å². The van der Waals surface area contributed by atoms with E-state index in [2.05, 4.69) is 4.90 Å². The van der Waals surface area contributed by atoms with Gasteiger partial charge in [0.2, 0.25) is 0 Å². The molecule has 1 atom stereocenters. The van der Waals surface area contributed by atoms with Gasteiger partial charge in [-0.15, -0.1) is 0 Å². The maximum atomic E-state index is 11.8. The van der Waals surface area contributed by atoms with Crippen LogP contribution in [0.25, 0.3) is 0 Å². The number of nitrogens with zero attached hydrogens (tertiary/aromatic N) is 1. The molecule has 1 aliphatic rings. The second-order valence-electron chi connectivity index (χ2n) is 6.30. The summed E-state index contributed by atoms with van der Waals surface area (Å²) in [6, 6.07) is 0. The highest BCUT2D eigenvalue weighted by Crippen LogP contribution is 2.22. The van der Waals surface area contributed by atoms with E-state index in [1.807, 2.05) is 27.7 Å². The first-order chi connectivity index (χ1) is 7.21. The number of β-amino-alcohol motifs (C(OH)–C–C–N with tert-alkyl or cyclic N) is 1. The van der Waals surface area contributed by atoms with E-state index < -0.39 is 5.60 Å². The van der Waals surface area contributed by atoms with Crippen LogP contribution in [0.1, 0.15) is 47.0 Å². The summed E-state index contributed by atoms with van der Waals surface area (Å²) in [6.45, 7) is 10.3. The number of rotatable bonds is 3. The van der Waals surface area contributed by atoms with Gasteiger partial charge in [-0.2, -0.15) is 0 Å². The van der Waals surface area contributed by atoms with Gasteiger partial charge >= 0.3 is 0 Å². The molecular weight excluding hydrogens is 202 g/mol. The lowest BCUT2D eigenvalue weighted by Crippen LogP contribution is -2.46. The van der Waals surface area contributed by atoms with E-state index in [0.29, 0.717) is 18.7 Å². The lowest BCUT2D eigenvalue weighted by atomic mass is 9.88. The van der Waals surface area contributed by atoms with Crippen LogP contribution >= 0.6 is 0 Å².